The summed E-state index contributed by atoms with van der Waals surface area (Å²) in [5.41, 5.74) is 3.98. The summed E-state index contributed by atoms with van der Waals surface area (Å²) in [5, 5.41) is 14.5. The van der Waals surface area contributed by atoms with Crippen molar-refractivity contribution < 1.29 is 5.11 Å². The molecule has 0 aliphatic heterocycles. The lowest BCUT2D eigenvalue weighted by Gasteiger charge is -2.12. The van der Waals surface area contributed by atoms with Crippen molar-refractivity contribution in [2.75, 3.05) is 0 Å². The first-order valence-corrected chi connectivity index (χ1v) is 9.17. The molecule has 0 unspecified atom stereocenters. The van der Waals surface area contributed by atoms with Gasteiger partial charge >= 0.3 is 0 Å². The number of fused-ring (bicyclic) bond motifs is 2. The zero-order valence-electron chi connectivity index (χ0n) is 14.4. The van der Waals surface area contributed by atoms with Crippen LogP contribution in [-0.4, -0.2) is 9.67 Å². The summed E-state index contributed by atoms with van der Waals surface area (Å²) in [6, 6.07) is 27.9. The topological polar surface area (TPSA) is 25.2 Å². The van der Waals surface area contributed by atoms with Crippen LogP contribution < -0.4 is 0 Å². The summed E-state index contributed by atoms with van der Waals surface area (Å²) in [5.74, 6) is 0.250. The Kier molecular flexibility index (Phi) is 3.66. The van der Waals surface area contributed by atoms with Crippen molar-refractivity contribution in [3.05, 3.63) is 96.1 Å². The van der Waals surface area contributed by atoms with Crippen molar-refractivity contribution in [3.8, 4) is 22.6 Å². The predicted octanol–water partition coefficient (Wildman–Crippen LogP) is 6.81. The first kappa shape index (κ1) is 16.0. The minimum Gasteiger partial charge on any atom is -0.506 e. The highest BCUT2D eigenvalue weighted by atomic mass is 35.5. The van der Waals surface area contributed by atoms with Crippen LogP contribution in [0.3, 0.4) is 0 Å². The van der Waals surface area contributed by atoms with Gasteiger partial charge in [0.05, 0.1) is 11.2 Å². The molecule has 0 atom stereocenters. The van der Waals surface area contributed by atoms with Gasteiger partial charge in [0.15, 0.2) is 0 Å². The number of phenolic OH excluding ortho intramolecular Hbond substituents is 1. The van der Waals surface area contributed by atoms with E-state index in [4.69, 9.17) is 11.6 Å². The van der Waals surface area contributed by atoms with E-state index >= 15 is 0 Å². The lowest BCUT2D eigenvalue weighted by Crippen LogP contribution is -1.94. The molecule has 0 saturated carbocycles. The van der Waals surface area contributed by atoms with Crippen LogP contribution in [0.2, 0.25) is 5.02 Å². The van der Waals surface area contributed by atoms with Crippen LogP contribution in [-0.2, 0) is 0 Å². The molecule has 5 rings (SSSR count). The van der Waals surface area contributed by atoms with Crippen LogP contribution in [0, 0.1) is 0 Å². The van der Waals surface area contributed by atoms with Gasteiger partial charge in [-0.2, -0.15) is 0 Å². The van der Waals surface area contributed by atoms with Gasteiger partial charge in [-0.1, -0.05) is 72.3 Å². The number of rotatable bonds is 2. The van der Waals surface area contributed by atoms with Gasteiger partial charge in [0, 0.05) is 27.6 Å². The predicted molar refractivity (Wildman–Crippen MR) is 113 cm³/mol. The second-order valence-corrected chi connectivity index (χ2v) is 7.03. The zero-order valence-corrected chi connectivity index (χ0v) is 15.2. The molecule has 3 heteroatoms. The van der Waals surface area contributed by atoms with Crippen molar-refractivity contribution in [1.29, 1.82) is 0 Å². The molecule has 0 amide bonds. The van der Waals surface area contributed by atoms with Gasteiger partial charge in [-0.15, -0.1) is 0 Å². The van der Waals surface area contributed by atoms with E-state index in [-0.39, 0.29) is 5.75 Å². The maximum atomic E-state index is 10.7. The van der Waals surface area contributed by atoms with E-state index in [2.05, 4.69) is 29.0 Å². The standard InChI is InChI=1S/C24H16ClNO/c25-18-11-12-22-20(14-18)21(16-6-2-1-3-7-16)15-26(22)24-19-9-5-4-8-17(19)10-13-23(24)27/h1-15,27H. The highest BCUT2D eigenvalue weighted by Gasteiger charge is 2.16. The SMILES string of the molecule is Oc1ccc2ccccc2c1-n1cc(-c2ccccc2)c2cc(Cl)ccc21. The fourth-order valence-corrected chi connectivity index (χ4v) is 3.90. The van der Waals surface area contributed by atoms with Crippen molar-refractivity contribution in [3.63, 3.8) is 0 Å². The molecule has 4 aromatic carbocycles. The Morgan fingerprint density at radius 1 is 0.741 bits per heavy atom. The summed E-state index contributed by atoms with van der Waals surface area (Å²) in [6.07, 6.45) is 2.08. The number of halogens is 1. The number of aromatic nitrogens is 1. The molecule has 27 heavy (non-hydrogen) atoms. The van der Waals surface area contributed by atoms with Crippen LogP contribution in [0.4, 0.5) is 0 Å². The molecule has 0 fully saturated rings. The summed E-state index contributed by atoms with van der Waals surface area (Å²) in [7, 11) is 0. The lowest BCUT2D eigenvalue weighted by molar-refractivity contribution is 0.474. The molecular weight excluding hydrogens is 354 g/mol. The van der Waals surface area contributed by atoms with Crippen molar-refractivity contribution in [2.45, 2.75) is 0 Å². The van der Waals surface area contributed by atoms with E-state index in [9.17, 15) is 5.11 Å². The molecule has 0 bridgehead atoms. The van der Waals surface area contributed by atoms with E-state index in [1.54, 1.807) is 6.07 Å². The average molecular weight is 370 g/mol. The van der Waals surface area contributed by atoms with E-state index in [0.29, 0.717) is 5.02 Å². The van der Waals surface area contributed by atoms with Gasteiger partial charge < -0.3 is 9.67 Å². The quantitative estimate of drug-likeness (QED) is 0.363. The van der Waals surface area contributed by atoms with E-state index in [1.807, 2.05) is 60.7 Å². The maximum absolute atomic E-state index is 10.7. The Bertz CT molecular complexity index is 1290. The summed E-state index contributed by atoms with van der Waals surface area (Å²) >= 11 is 6.30. The molecule has 1 N–H and O–H groups in total. The van der Waals surface area contributed by atoms with Gasteiger partial charge in [-0.3, -0.25) is 0 Å². The summed E-state index contributed by atoms with van der Waals surface area (Å²) in [4.78, 5) is 0. The Labute approximate surface area is 161 Å². The van der Waals surface area contributed by atoms with E-state index in [1.165, 1.54) is 0 Å². The highest BCUT2D eigenvalue weighted by molar-refractivity contribution is 6.31. The Hall–Kier alpha value is -3.23. The molecule has 0 radical (unpaired) electrons. The Morgan fingerprint density at radius 3 is 2.37 bits per heavy atom. The second kappa shape index (κ2) is 6.19. The normalized spacial score (nSPS) is 11.3. The van der Waals surface area contributed by atoms with E-state index < -0.39 is 0 Å². The van der Waals surface area contributed by atoms with Gasteiger partial charge in [0.1, 0.15) is 5.75 Å². The third kappa shape index (κ3) is 2.57. The molecule has 2 nitrogen and oxygen atoms in total. The number of phenols is 1. The number of benzene rings is 4. The third-order valence-electron chi connectivity index (χ3n) is 4.97. The van der Waals surface area contributed by atoms with Crippen LogP contribution >= 0.6 is 11.6 Å². The zero-order chi connectivity index (χ0) is 18.4. The molecule has 0 aliphatic rings. The lowest BCUT2D eigenvalue weighted by atomic mass is 10.1. The van der Waals surface area contributed by atoms with Crippen LogP contribution in [0.15, 0.2) is 91.1 Å². The minimum atomic E-state index is 0.250. The smallest absolute Gasteiger partial charge is 0.140 e. The van der Waals surface area contributed by atoms with Gasteiger partial charge in [0.2, 0.25) is 0 Å². The van der Waals surface area contributed by atoms with Crippen LogP contribution in [0.25, 0.3) is 38.5 Å². The molecule has 1 aromatic heterocycles. The number of hydrogen-bond donors (Lipinski definition) is 1. The molecule has 0 spiro atoms. The fourth-order valence-electron chi connectivity index (χ4n) is 3.73. The minimum absolute atomic E-state index is 0.250. The largest absolute Gasteiger partial charge is 0.506 e. The number of hydrogen-bond acceptors (Lipinski definition) is 1. The number of nitrogens with zero attached hydrogens (tertiary/aromatic N) is 1. The third-order valence-corrected chi connectivity index (χ3v) is 5.21. The molecule has 0 aliphatic carbocycles. The van der Waals surface area contributed by atoms with E-state index in [0.717, 1.165) is 38.5 Å². The highest BCUT2D eigenvalue weighted by Crippen LogP contribution is 2.38. The monoisotopic (exact) mass is 369 g/mol. The Balaban J connectivity index is 1.90. The molecule has 5 aromatic rings. The first-order valence-electron chi connectivity index (χ1n) is 8.79. The summed E-state index contributed by atoms with van der Waals surface area (Å²) < 4.78 is 2.06. The molecular formula is C24H16ClNO. The van der Waals surface area contributed by atoms with Crippen molar-refractivity contribution in [1.82, 2.24) is 4.57 Å². The second-order valence-electron chi connectivity index (χ2n) is 6.59. The van der Waals surface area contributed by atoms with Gasteiger partial charge in [0.25, 0.3) is 0 Å². The van der Waals surface area contributed by atoms with Gasteiger partial charge in [-0.25, -0.2) is 0 Å². The molecule has 130 valence electrons. The van der Waals surface area contributed by atoms with Crippen LogP contribution in [0.5, 0.6) is 5.75 Å². The average Bonchev–Trinajstić information content (AvgIpc) is 3.07. The Morgan fingerprint density at radius 2 is 1.52 bits per heavy atom. The van der Waals surface area contributed by atoms with Crippen molar-refractivity contribution >= 4 is 33.3 Å². The molecule has 0 saturated heterocycles. The maximum Gasteiger partial charge on any atom is 0.140 e. The van der Waals surface area contributed by atoms with Crippen LogP contribution in [0.1, 0.15) is 0 Å². The number of aromatic hydroxyl groups is 1. The fraction of sp³-hybridized carbons (Fsp3) is 0. The summed E-state index contributed by atoms with van der Waals surface area (Å²) in [6.45, 7) is 0. The first-order chi connectivity index (χ1) is 13.2. The molecule has 1 heterocycles. The van der Waals surface area contributed by atoms with Gasteiger partial charge in [-0.05, 0) is 35.2 Å². The van der Waals surface area contributed by atoms with Crippen molar-refractivity contribution in [2.24, 2.45) is 0 Å².